The number of hydrogen-bond acceptors (Lipinski definition) is 3. The third kappa shape index (κ3) is 3.48. The van der Waals surface area contributed by atoms with E-state index in [9.17, 15) is 9.90 Å². The summed E-state index contributed by atoms with van der Waals surface area (Å²) in [4.78, 5) is 16.8. The molecule has 2 fully saturated rings. The summed E-state index contributed by atoms with van der Waals surface area (Å²) in [6.07, 6.45) is 6.95. The molecule has 1 amide bonds. The Morgan fingerprint density at radius 1 is 1.26 bits per heavy atom. The normalized spacial score (nSPS) is 25.4. The van der Waals surface area contributed by atoms with Gasteiger partial charge in [0.1, 0.15) is 0 Å². The lowest BCUT2D eigenvalue weighted by molar-refractivity contribution is -0.137. The zero-order valence-corrected chi connectivity index (χ0v) is 12.3. The van der Waals surface area contributed by atoms with Crippen LogP contribution < -0.4 is 0 Å². The lowest BCUT2D eigenvalue weighted by Crippen LogP contribution is -2.49. The summed E-state index contributed by atoms with van der Waals surface area (Å²) in [5, 5.41) is 9.34. The van der Waals surface area contributed by atoms with E-state index in [-0.39, 0.29) is 24.6 Å². The van der Waals surface area contributed by atoms with Crippen LogP contribution in [0.5, 0.6) is 0 Å². The maximum absolute atomic E-state index is 12.6. The summed E-state index contributed by atoms with van der Waals surface area (Å²) in [5.74, 6) is 0.252. The smallest absolute Gasteiger partial charge is 0.237 e. The van der Waals surface area contributed by atoms with Crippen molar-refractivity contribution in [2.75, 3.05) is 19.7 Å². The molecule has 4 heteroatoms. The Bertz CT molecular complexity index is 301. The fraction of sp³-hybridized carbons (Fsp3) is 0.933. The van der Waals surface area contributed by atoms with Crippen molar-refractivity contribution in [3.8, 4) is 0 Å². The summed E-state index contributed by atoms with van der Waals surface area (Å²) in [6.45, 7) is 5.85. The molecule has 0 aromatic heterocycles. The second kappa shape index (κ2) is 6.71. The largest absolute Gasteiger partial charge is 0.395 e. The fourth-order valence-corrected chi connectivity index (χ4v) is 3.66. The van der Waals surface area contributed by atoms with E-state index in [2.05, 4.69) is 23.6 Å². The van der Waals surface area contributed by atoms with Crippen molar-refractivity contribution in [3.05, 3.63) is 0 Å². The number of nitrogens with zero attached hydrogens (tertiary/aromatic N) is 2. The predicted molar refractivity (Wildman–Crippen MR) is 75.9 cm³/mol. The van der Waals surface area contributed by atoms with Crippen molar-refractivity contribution >= 4 is 5.91 Å². The van der Waals surface area contributed by atoms with Gasteiger partial charge in [0, 0.05) is 18.1 Å². The van der Waals surface area contributed by atoms with E-state index in [4.69, 9.17) is 0 Å². The molecule has 1 heterocycles. The number of carbonyl (C=O) groups excluding carboxylic acids is 1. The Morgan fingerprint density at radius 2 is 1.95 bits per heavy atom. The van der Waals surface area contributed by atoms with Gasteiger partial charge in [0.05, 0.1) is 13.2 Å². The zero-order valence-electron chi connectivity index (χ0n) is 12.3. The maximum atomic E-state index is 12.6. The van der Waals surface area contributed by atoms with E-state index >= 15 is 0 Å². The highest BCUT2D eigenvalue weighted by molar-refractivity contribution is 5.79. The third-order valence-electron chi connectivity index (χ3n) is 4.61. The molecule has 1 N–H and O–H groups in total. The molecule has 1 aliphatic carbocycles. The summed E-state index contributed by atoms with van der Waals surface area (Å²) in [6, 6.07) is 0.926. The molecule has 0 spiro atoms. The lowest BCUT2D eigenvalue weighted by Gasteiger charge is -2.35. The molecule has 0 aromatic carbocycles. The molecule has 2 aliphatic rings. The molecule has 2 rings (SSSR count). The summed E-state index contributed by atoms with van der Waals surface area (Å²) >= 11 is 0. The van der Waals surface area contributed by atoms with Crippen LogP contribution in [0, 0.1) is 0 Å². The molecule has 1 aliphatic heterocycles. The molecule has 0 bridgehead atoms. The maximum Gasteiger partial charge on any atom is 0.237 e. The average molecular weight is 268 g/mol. The average Bonchev–Trinajstić information content (AvgIpc) is 3.00. The Hall–Kier alpha value is -0.610. The number of aliphatic hydroxyl groups is 1. The standard InChI is InChI=1S/C15H28N2O2/c1-12(2)17(13-6-3-4-7-13)15(19)10-16-9-5-8-14(16)11-18/h12-14,18H,3-11H2,1-2H3/t14-/m1/s1. The van der Waals surface area contributed by atoms with Gasteiger partial charge in [0.15, 0.2) is 0 Å². The van der Waals surface area contributed by atoms with Gasteiger partial charge in [-0.05, 0) is 46.1 Å². The molecular weight excluding hydrogens is 240 g/mol. The van der Waals surface area contributed by atoms with Crippen molar-refractivity contribution < 1.29 is 9.90 Å². The molecule has 0 radical (unpaired) electrons. The van der Waals surface area contributed by atoms with Crippen LogP contribution in [0.1, 0.15) is 52.4 Å². The summed E-state index contributed by atoms with van der Waals surface area (Å²) in [5.41, 5.74) is 0. The van der Waals surface area contributed by atoms with Crippen LogP contribution in [0.3, 0.4) is 0 Å². The molecule has 110 valence electrons. The number of aliphatic hydroxyl groups excluding tert-OH is 1. The van der Waals surface area contributed by atoms with Crippen LogP contribution in [0.4, 0.5) is 0 Å². The van der Waals surface area contributed by atoms with Crippen molar-refractivity contribution in [1.82, 2.24) is 9.80 Å². The molecule has 1 atom stereocenters. The summed E-state index contributed by atoms with van der Waals surface area (Å²) in [7, 11) is 0. The molecule has 4 nitrogen and oxygen atoms in total. The van der Waals surface area contributed by atoms with Gasteiger partial charge in [-0.2, -0.15) is 0 Å². The van der Waals surface area contributed by atoms with Crippen LogP contribution in [0.15, 0.2) is 0 Å². The summed E-state index contributed by atoms with van der Waals surface area (Å²) < 4.78 is 0. The van der Waals surface area contributed by atoms with E-state index in [0.717, 1.165) is 32.2 Å². The number of amides is 1. The first kappa shape index (κ1) is 14.8. The first-order chi connectivity index (χ1) is 9.13. The monoisotopic (exact) mass is 268 g/mol. The minimum Gasteiger partial charge on any atom is -0.395 e. The highest BCUT2D eigenvalue weighted by atomic mass is 16.3. The number of hydrogen-bond donors (Lipinski definition) is 1. The fourth-order valence-electron chi connectivity index (χ4n) is 3.66. The van der Waals surface area contributed by atoms with Gasteiger partial charge in [0.2, 0.25) is 5.91 Å². The predicted octanol–water partition coefficient (Wildman–Crippen LogP) is 1.62. The second-order valence-corrected chi connectivity index (χ2v) is 6.28. The van der Waals surface area contributed by atoms with Gasteiger partial charge in [-0.3, -0.25) is 9.69 Å². The van der Waals surface area contributed by atoms with Crippen LogP contribution in [-0.4, -0.2) is 58.6 Å². The van der Waals surface area contributed by atoms with Crippen LogP contribution in [0.2, 0.25) is 0 Å². The van der Waals surface area contributed by atoms with E-state index < -0.39 is 0 Å². The third-order valence-corrected chi connectivity index (χ3v) is 4.61. The van der Waals surface area contributed by atoms with Crippen molar-refractivity contribution in [3.63, 3.8) is 0 Å². The first-order valence-electron chi connectivity index (χ1n) is 7.79. The van der Waals surface area contributed by atoms with E-state index in [1.807, 2.05) is 0 Å². The SMILES string of the molecule is CC(C)N(C(=O)CN1CCC[C@@H]1CO)C1CCCC1. The molecule has 19 heavy (non-hydrogen) atoms. The quantitative estimate of drug-likeness (QED) is 0.824. The molecular formula is C15H28N2O2. The van der Waals surface area contributed by atoms with Gasteiger partial charge >= 0.3 is 0 Å². The van der Waals surface area contributed by atoms with Crippen LogP contribution in [0.25, 0.3) is 0 Å². The molecule has 0 aromatic rings. The molecule has 1 saturated carbocycles. The minimum atomic E-state index is 0.179. The topological polar surface area (TPSA) is 43.8 Å². The number of carbonyl (C=O) groups is 1. The highest BCUT2D eigenvalue weighted by Crippen LogP contribution is 2.26. The molecule has 0 unspecified atom stereocenters. The van der Waals surface area contributed by atoms with E-state index in [1.54, 1.807) is 0 Å². The Balaban J connectivity index is 1.95. The van der Waals surface area contributed by atoms with E-state index in [0.29, 0.717) is 12.6 Å². The Kier molecular flexibility index (Phi) is 5.22. The Morgan fingerprint density at radius 3 is 2.53 bits per heavy atom. The van der Waals surface area contributed by atoms with Gasteiger partial charge < -0.3 is 10.0 Å². The first-order valence-corrected chi connectivity index (χ1v) is 7.79. The minimum absolute atomic E-state index is 0.179. The Labute approximate surface area is 116 Å². The highest BCUT2D eigenvalue weighted by Gasteiger charge is 2.32. The van der Waals surface area contributed by atoms with Crippen molar-refractivity contribution in [1.29, 1.82) is 0 Å². The van der Waals surface area contributed by atoms with Crippen molar-refractivity contribution in [2.45, 2.75) is 70.5 Å². The molecule has 1 saturated heterocycles. The van der Waals surface area contributed by atoms with Gasteiger partial charge in [0.25, 0.3) is 0 Å². The van der Waals surface area contributed by atoms with Crippen LogP contribution >= 0.6 is 0 Å². The van der Waals surface area contributed by atoms with Gasteiger partial charge in [-0.15, -0.1) is 0 Å². The van der Waals surface area contributed by atoms with Crippen molar-refractivity contribution in [2.24, 2.45) is 0 Å². The zero-order chi connectivity index (χ0) is 13.8. The number of rotatable bonds is 5. The second-order valence-electron chi connectivity index (χ2n) is 6.28. The number of likely N-dealkylation sites (tertiary alicyclic amines) is 1. The van der Waals surface area contributed by atoms with E-state index in [1.165, 1.54) is 12.8 Å². The van der Waals surface area contributed by atoms with Gasteiger partial charge in [-0.1, -0.05) is 12.8 Å². The lowest BCUT2D eigenvalue weighted by atomic mass is 10.1. The van der Waals surface area contributed by atoms with Crippen LogP contribution in [-0.2, 0) is 4.79 Å². The van der Waals surface area contributed by atoms with Gasteiger partial charge in [-0.25, -0.2) is 0 Å².